The molecule has 0 unspecified atom stereocenters. The summed E-state index contributed by atoms with van der Waals surface area (Å²) in [4.78, 5) is 153. The molecule has 1 aliphatic rings. The van der Waals surface area contributed by atoms with E-state index in [-0.39, 0.29) is 77.7 Å². The topological polar surface area (TPSA) is 511 Å². The summed E-state index contributed by atoms with van der Waals surface area (Å²) in [6.45, 7) is 6.31. The van der Waals surface area contributed by atoms with Crippen molar-refractivity contribution in [3.05, 3.63) is 35.9 Å². The minimum atomic E-state index is -1.77. The predicted molar refractivity (Wildman–Crippen MR) is 304 cm³/mol. The van der Waals surface area contributed by atoms with Crippen molar-refractivity contribution in [1.29, 1.82) is 0 Å². The molecule has 1 saturated heterocycles. The van der Waals surface area contributed by atoms with Crippen LogP contribution in [0.5, 0.6) is 0 Å². The van der Waals surface area contributed by atoms with Crippen LogP contribution >= 0.6 is 0 Å². The summed E-state index contributed by atoms with van der Waals surface area (Å²) in [6, 6.07) is -7.36. The molecule has 30 heteroatoms. The van der Waals surface area contributed by atoms with Gasteiger partial charge in [0.2, 0.25) is 65.0 Å². The Balaban J connectivity index is 2.67. The van der Waals surface area contributed by atoms with Crippen molar-refractivity contribution in [3.8, 4) is 0 Å². The Kier molecular flexibility index (Phi) is 33.1. The summed E-state index contributed by atoms with van der Waals surface area (Å²) in [5.41, 5.74) is 29.7. The summed E-state index contributed by atoms with van der Waals surface area (Å²) in [6.07, 6.45) is -4.12. The van der Waals surface area contributed by atoms with E-state index in [4.69, 9.17) is 28.7 Å². The van der Waals surface area contributed by atoms with Crippen molar-refractivity contribution < 1.29 is 68.1 Å². The molecule has 0 saturated carbocycles. The number of carbonyl (C=O) groups is 11. The van der Waals surface area contributed by atoms with Crippen LogP contribution in [0.1, 0.15) is 104 Å². The Hall–Kier alpha value is -6.93. The summed E-state index contributed by atoms with van der Waals surface area (Å²) >= 11 is 0. The van der Waals surface area contributed by atoms with Gasteiger partial charge in [-0.3, -0.25) is 52.7 Å². The molecule has 83 heavy (non-hydrogen) atoms. The van der Waals surface area contributed by atoms with Gasteiger partial charge in [-0.05, 0) is 110 Å². The molecule has 1 aromatic rings. The third-order valence-corrected chi connectivity index (χ3v) is 13.4. The highest BCUT2D eigenvalue weighted by atomic mass is 16.3. The predicted octanol–water partition coefficient (Wildman–Crippen LogP) is -7.30. The van der Waals surface area contributed by atoms with Crippen LogP contribution in [0.25, 0.3) is 0 Å². The summed E-state index contributed by atoms with van der Waals surface area (Å²) in [7, 11) is 0. The van der Waals surface area contributed by atoms with E-state index in [1.165, 1.54) is 20.8 Å². The molecule has 468 valence electrons. The first-order valence-corrected chi connectivity index (χ1v) is 28.2. The molecule has 1 fully saturated rings. The summed E-state index contributed by atoms with van der Waals surface area (Å²) in [5.74, 6) is -10.1. The maximum atomic E-state index is 14.5. The maximum Gasteiger partial charge on any atom is 0.245 e. The molecule has 2 rings (SSSR count). The van der Waals surface area contributed by atoms with Gasteiger partial charge in [-0.15, -0.1) is 0 Å². The number of nitrogens with one attached hydrogen (secondary N) is 11. The van der Waals surface area contributed by atoms with Crippen molar-refractivity contribution in [1.82, 2.24) is 58.5 Å². The molecule has 30 nitrogen and oxygen atoms in total. The molecule has 0 bridgehead atoms. The molecule has 0 spiro atoms. The Morgan fingerprint density at radius 2 is 1.00 bits per heavy atom. The number of aliphatic hydroxyl groups excluding tert-OH is 3. The zero-order valence-corrected chi connectivity index (χ0v) is 48.2. The van der Waals surface area contributed by atoms with E-state index in [2.05, 4.69) is 72.3 Å². The second kappa shape index (κ2) is 38.0. The van der Waals surface area contributed by atoms with Crippen molar-refractivity contribution in [2.45, 2.75) is 184 Å². The average Bonchev–Trinajstić information content (AvgIpc) is 3.51. The lowest BCUT2D eigenvalue weighted by Gasteiger charge is -2.29. The second-order valence-corrected chi connectivity index (χ2v) is 21.0. The monoisotopic (exact) mass is 1180 g/mol. The lowest BCUT2D eigenvalue weighted by Crippen LogP contribution is -2.62. The number of rotatable bonds is 27. The molecule has 1 aliphatic heterocycles. The smallest absolute Gasteiger partial charge is 0.245 e. The van der Waals surface area contributed by atoms with Crippen LogP contribution in [0.3, 0.4) is 0 Å². The number of amides is 11. The fourth-order valence-electron chi connectivity index (χ4n) is 8.65. The quantitative estimate of drug-likeness (QED) is 0.0364. The highest BCUT2D eigenvalue weighted by Crippen LogP contribution is 2.11. The molecule has 11 amide bonds. The van der Waals surface area contributed by atoms with E-state index in [1.54, 1.807) is 30.3 Å². The zero-order valence-electron chi connectivity index (χ0n) is 48.2. The average molecular weight is 1180 g/mol. The van der Waals surface area contributed by atoms with Crippen molar-refractivity contribution in [2.24, 2.45) is 34.6 Å². The molecule has 0 radical (unpaired) electrons. The van der Waals surface area contributed by atoms with Crippen LogP contribution < -0.4 is 87.2 Å². The molecular formula is C53H92N16O14. The van der Waals surface area contributed by atoms with E-state index >= 15 is 0 Å². The van der Waals surface area contributed by atoms with Crippen LogP contribution in [-0.2, 0) is 59.2 Å². The summed E-state index contributed by atoms with van der Waals surface area (Å²) < 4.78 is 0. The van der Waals surface area contributed by atoms with Gasteiger partial charge in [-0.1, -0.05) is 57.0 Å². The van der Waals surface area contributed by atoms with Crippen molar-refractivity contribution in [2.75, 3.05) is 39.3 Å². The van der Waals surface area contributed by atoms with Crippen LogP contribution in [0.15, 0.2) is 30.3 Å². The SMILES string of the molecule is CC(C)CCCCC(=O)N[C@@H](CCN)C(=O)N[C@H](C(=O)N[C@H](CCN)C(=O)N[C@H]1CCNC(=O)[C@H]([C@@H](C)O)NC(=O)[C@H](CCN)NC(=O)[C@H](CCN)NC(=O)[C@H]([C@@H](C)O)NC(=O)[C@@H](Cc2ccccc2)NC(=O)[C@H](CCN)NC1=O)[C@@H](C)O. The Morgan fingerprint density at radius 3 is 1.49 bits per heavy atom. The number of carbonyl (C=O) groups excluding carboxylic acids is 11. The van der Waals surface area contributed by atoms with Gasteiger partial charge in [0.25, 0.3) is 0 Å². The molecule has 0 aliphatic carbocycles. The molecule has 13 atom stereocenters. The van der Waals surface area contributed by atoms with Crippen molar-refractivity contribution >= 4 is 65.0 Å². The van der Waals surface area contributed by atoms with Gasteiger partial charge in [0.15, 0.2) is 0 Å². The second-order valence-electron chi connectivity index (χ2n) is 21.0. The van der Waals surface area contributed by atoms with Gasteiger partial charge in [0.1, 0.15) is 60.4 Å². The van der Waals surface area contributed by atoms with Gasteiger partial charge in [-0.25, -0.2) is 0 Å². The fraction of sp³-hybridized carbons (Fsp3) is 0.679. The Bertz CT molecular complexity index is 2280. The highest BCUT2D eigenvalue weighted by Gasteiger charge is 2.38. The first kappa shape index (κ1) is 72.2. The standard InChI is InChI=1S/C53H92N16O14/c1-28(2)11-9-10-14-40(73)60-33(15-21-54)48(78)68-42(30(4)71)52(82)65-36(18-24-57)45(75)63-38-20-26-59-51(81)41(29(3)70)67-49(79)37(19-25-58)62-44(74)35(17-23-56)64-53(83)43(31(5)72)69-50(80)39(27-32-12-7-6-8-13-32)66-46(76)34(16-22-55)61-47(38)77/h6-8,12-13,28-31,33-39,41-43,70-72H,9-11,14-27,54-58H2,1-5H3,(H,59,81)(H,60,73)(H,61,77)(H,62,74)(H,63,75)(H,64,83)(H,65,82)(H,66,76)(H,67,79)(H,68,78)(H,69,80)/t29-,30-,31-,33+,34+,35+,36-,37+,38+,39-,41+,42+,43+/m1/s1. The van der Waals surface area contributed by atoms with Gasteiger partial charge in [0, 0.05) is 19.4 Å². The molecule has 1 heterocycles. The first-order chi connectivity index (χ1) is 39.3. The van der Waals surface area contributed by atoms with Gasteiger partial charge in [-0.2, -0.15) is 0 Å². The number of unbranched alkanes of at least 4 members (excludes halogenated alkanes) is 1. The third kappa shape index (κ3) is 25.6. The lowest BCUT2D eigenvalue weighted by atomic mass is 10.0. The zero-order chi connectivity index (χ0) is 62.3. The maximum absolute atomic E-state index is 14.5. The highest BCUT2D eigenvalue weighted by molar-refractivity contribution is 5.99. The normalized spacial score (nSPS) is 23.2. The van der Waals surface area contributed by atoms with Crippen molar-refractivity contribution in [3.63, 3.8) is 0 Å². The van der Waals surface area contributed by atoms with E-state index in [0.717, 1.165) is 12.8 Å². The number of aliphatic hydroxyl groups is 3. The van der Waals surface area contributed by atoms with Gasteiger partial charge in [0.05, 0.1) is 18.3 Å². The third-order valence-electron chi connectivity index (χ3n) is 13.4. The number of hydrogen-bond acceptors (Lipinski definition) is 19. The Morgan fingerprint density at radius 1 is 0.530 bits per heavy atom. The van der Waals surface area contributed by atoms with Crippen LogP contribution in [0.4, 0.5) is 0 Å². The minimum Gasteiger partial charge on any atom is -0.391 e. The van der Waals surface area contributed by atoms with Gasteiger partial charge < -0.3 is 102 Å². The first-order valence-electron chi connectivity index (χ1n) is 28.2. The number of nitrogens with two attached hydrogens (primary N) is 5. The van der Waals surface area contributed by atoms with E-state index in [9.17, 15) is 68.1 Å². The van der Waals surface area contributed by atoms with E-state index < -0.39 is 157 Å². The number of benzene rings is 1. The van der Waals surface area contributed by atoms with Crippen LogP contribution in [0.2, 0.25) is 0 Å². The fourth-order valence-corrected chi connectivity index (χ4v) is 8.65. The van der Waals surface area contributed by atoms with Gasteiger partial charge >= 0.3 is 0 Å². The van der Waals surface area contributed by atoms with Crippen LogP contribution in [-0.4, -0.2) is 198 Å². The lowest BCUT2D eigenvalue weighted by molar-refractivity contribution is -0.137. The van der Waals surface area contributed by atoms with Crippen LogP contribution in [0, 0.1) is 5.92 Å². The van der Waals surface area contributed by atoms with E-state index in [1.807, 2.05) is 0 Å². The summed E-state index contributed by atoms with van der Waals surface area (Å²) in [5, 5.41) is 59.6. The largest absolute Gasteiger partial charge is 0.391 e. The molecular weight excluding hydrogens is 1080 g/mol. The Labute approximate surface area is 483 Å². The number of hydrogen-bond donors (Lipinski definition) is 19. The molecule has 24 N–H and O–H groups in total. The minimum absolute atomic E-state index is 0.0266. The van der Waals surface area contributed by atoms with E-state index in [0.29, 0.717) is 17.9 Å². The molecule has 0 aromatic heterocycles. The molecule has 1 aromatic carbocycles.